The first-order valence-electron chi connectivity index (χ1n) is 6.86. The number of primary amides is 1. The van der Waals surface area contributed by atoms with Gasteiger partial charge >= 0.3 is 5.91 Å². The first-order valence-corrected chi connectivity index (χ1v) is 6.86. The van der Waals surface area contributed by atoms with Gasteiger partial charge in [-0.1, -0.05) is 12.8 Å². The van der Waals surface area contributed by atoms with Crippen molar-refractivity contribution in [2.45, 2.75) is 50.1 Å². The summed E-state index contributed by atoms with van der Waals surface area (Å²) in [6, 6.07) is 0.366. The van der Waals surface area contributed by atoms with Crippen LogP contribution in [0.1, 0.15) is 38.5 Å². The van der Waals surface area contributed by atoms with E-state index in [1.807, 2.05) is 0 Å². The molecule has 1 amide bonds. The molecule has 1 unspecified atom stereocenters. The second-order valence-corrected chi connectivity index (χ2v) is 5.66. The highest BCUT2D eigenvalue weighted by Gasteiger charge is 2.59. The maximum atomic E-state index is 12.3. The Labute approximate surface area is 107 Å². The molecule has 2 aliphatic heterocycles. The Balaban J connectivity index is 2.00. The zero-order valence-electron chi connectivity index (χ0n) is 10.6. The smallest absolute Gasteiger partial charge is 0.336 e. The summed E-state index contributed by atoms with van der Waals surface area (Å²) in [7, 11) is 0. The van der Waals surface area contributed by atoms with E-state index in [0.717, 1.165) is 31.4 Å². The van der Waals surface area contributed by atoms with E-state index in [4.69, 9.17) is 11.1 Å². The predicted octanol–water partition coefficient (Wildman–Crippen LogP) is -0.313. The number of amides is 1. The highest BCUT2D eigenvalue weighted by molar-refractivity contribution is 6.04. The van der Waals surface area contributed by atoms with Crippen LogP contribution < -0.4 is 11.1 Å². The SMILES string of the molecule is N=C1/C(=C\N)CC2(CC[NH2+]C2=O)N1C1CCCC1. The lowest BCUT2D eigenvalue weighted by atomic mass is 9.91. The van der Waals surface area contributed by atoms with Crippen molar-refractivity contribution in [3.63, 3.8) is 0 Å². The molecule has 18 heavy (non-hydrogen) atoms. The van der Waals surface area contributed by atoms with Crippen LogP contribution in [0, 0.1) is 5.41 Å². The number of carbonyl (C=O) groups excluding carboxylic acids is 1. The topological polar surface area (TPSA) is 86.8 Å². The Hall–Kier alpha value is -1.36. The van der Waals surface area contributed by atoms with E-state index in [2.05, 4.69) is 4.90 Å². The quantitative estimate of drug-likeness (QED) is 0.595. The number of likely N-dealkylation sites (tertiary alicyclic amines) is 1. The van der Waals surface area contributed by atoms with Crippen molar-refractivity contribution < 1.29 is 10.1 Å². The third-order valence-electron chi connectivity index (χ3n) is 4.73. The number of carbonyl (C=O) groups is 1. The number of nitrogens with one attached hydrogen (secondary N) is 1. The summed E-state index contributed by atoms with van der Waals surface area (Å²) >= 11 is 0. The molecule has 0 aromatic heterocycles. The van der Waals surface area contributed by atoms with Crippen molar-refractivity contribution in [3.8, 4) is 0 Å². The summed E-state index contributed by atoms with van der Waals surface area (Å²) < 4.78 is 0. The van der Waals surface area contributed by atoms with Gasteiger partial charge in [0, 0.05) is 30.7 Å². The second-order valence-electron chi connectivity index (χ2n) is 5.66. The minimum Gasteiger partial charge on any atom is -0.404 e. The summed E-state index contributed by atoms with van der Waals surface area (Å²) in [5.74, 6) is 0.698. The molecule has 5 nitrogen and oxygen atoms in total. The number of quaternary nitrogens is 1. The van der Waals surface area contributed by atoms with Gasteiger partial charge in [-0.15, -0.1) is 0 Å². The summed E-state index contributed by atoms with van der Waals surface area (Å²) in [5.41, 5.74) is 6.01. The second kappa shape index (κ2) is 4.09. The molecule has 2 heterocycles. The third-order valence-corrected chi connectivity index (χ3v) is 4.73. The van der Waals surface area contributed by atoms with Gasteiger partial charge in [-0.2, -0.15) is 0 Å². The van der Waals surface area contributed by atoms with Gasteiger partial charge in [0.25, 0.3) is 0 Å². The molecule has 0 bridgehead atoms. The molecule has 5 N–H and O–H groups in total. The Morgan fingerprint density at radius 2 is 2.17 bits per heavy atom. The average Bonchev–Trinajstić information content (AvgIpc) is 3.03. The highest BCUT2D eigenvalue weighted by atomic mass is 16.2. The van der Waals surface area contributed by atoms with E-state index in [1.165, 1.54) is 19.0 Å². The van der Waals surface area contributed by atoms with Gasteiger partial charge < -0.3 is 10.6 Å². The zero-order chi connectivity index (χ0) is 12.8. The molecule has 2 saturated heterocycles. The fraction of sp³-hybridized carbons (Fsp3) is 0.692. The lowest BCUT2D eigenvalue weighted by Gasteiger charge is -2.36. The van der Waals surface area contributed by atoms with Gasteiger partial charge in [0.2, 0.25) is 0 Å². The van der Waals surface area contributed by atoms with Crippen molar-refractivity contribution in [2.75, 3.05) is 6.54 Å². The van der Waals surface area contributed by atoms with Gasteiger partial charge in [0.05, 0.1) is 6.54 Å². The van der Waals surface area contributed by atoms with Crippen molar-refractivity contribution in [1.82, 2.24) is 4.90 Å². The van der Waals surface area contributed by atoms with Crippen LogP contribution >= 0.6 is 0 Å². The monoisotopic (exact) mass is 249 g/mol. The van der Waals surface area contributed by atoms with Crippen LogP contribution in [-0.2, 0) is 4.79 Å². The van der Waals surface area contributed by atoms with E-state index in [9.17, 15) is 4.79 Å². The van der Waals surface area contributed by atoms with Crippen molar-refractivity contribution in [1.29, 1.82) is 5.41 Å². The number of rotatable bonds is 1. The van der Waals surface area contributed by atoms with E-state index in [-0.39, 0.29) is 5.91 Å². The number of amidine groups is 1. The molecule has 3 rings (SSSR count). The van der Waals surface area contributed by atoms with Crippen LogP contribution in [0.2, 0.25) is 0 Å². The predicted molar refractivity (Wildman–Crippen MR) is 67.9 cm³/mol. The zero-order valence-corrected chi connectivity index (χ0v) is 10.6. The summed E-state index contributed by atoms with van der Waals surface area (Å²) in [4.78, 5) is 14.4. The molecule has 0 radical (unpaired) electrons. The Morgan fingerprint density at radius 1 is 1.44 bits per heavy atom. The van der Waals surface area contributed by atoms with Crippen LogP contribution in [0.25, 0.3) is 0 Å². The number of hydrogen-bond acceptors (Lipinski definition) is 3. The molecule has 1 aliphatic carbocycles. The minimum atomic E-state index is -0.461. The molecule has 1 spiro atoms. The van der Waals surface area contributed by atoms with Crippen LogP contribution in [0.5, 0.6) is 0 Å². The standard InChI is InChI=1S/C13H20N4O/c14-8-9-7-13(5-6-16-12(13)18)17(11(9)15)10-3-1-2-4-10/h8,10,15H,1-7,14H2,(H,16,18)/p+1/b9-8-,15-11?. The lowest BCUT2D eigenvalue weighted by Crippen LogP contribution is -2.87. The van der Waals surface area contributed by atoms with Gasteiger partial charge in [0.1, 0.15) is 5.84 Å². The van der Waals surface area contributed by atoms with Crippen molar-refractivity contribution in [2.24, 2.45) is 5.73 Å². The molecule has 0 aromatic carbocycles. The summed E-state index contributed by atoms with van der Waals surface area (Å²) in [5, 5.41) is 10.1. The Morgan fingerprint density at radius 3 is 2.72 bits per heavy atom. The summed E-state index contributed by atoms with van der Waals surface area (Å²) in [6.07, 6.45) is 7.64. The van der Waals surface area contributed by atoms with E-state index >= 15 is 0 Å². The molecular formula is C13H21N4O+. The maximum absolute atomic E-state index is 12.3. The fourth-order valence-electron chi connectivity index (χ4n) is 3.85. The van der Waals surface area contributed by atoms with E-state index in [0.29, 0.717) is 18.3 Å². The highest BCUT2D eigenvalue weighted by Crippen LogP contribution is 2.42. The van der Waals surface area contributed by atoms with Gasteiger partial charge in [-0.25, -0.2) is 4.79 Å². The Kier molecular flexibility index (Phi) is 2.66. The average molecular weight is 249 g/mol. The molecule has 98 valence electrons. The lowest BCUT2D eigenvalue weighted by molar-refractivity contribution is -0.555. The molecule has 1 saturated carbocycles. The molecule has 3 fully saturated rings. The van der Waals surface area contributed by atoms with Crippen molar-refractivity contribution in [3.05, 3.63) is 11.8 Å². The van der Waals surface area contributed by atoms with Gasteiger partial charge in [0.15, 0.2) is 5.54 Å². The molecular weight excluding hydrogens is 228 g/mol. The largest absolute Gasteiger partial charge is 0.404 e. The first kappa shape index (κ1) is 11.7. The molecule has 5 heteroatoms. The molecule has 3 aliphatic rings. The number of nitrogens with zero attached hydrogens (tertiary/aromatic N) is 1. The van der Waals surface area contributed by atoms with E-state index < -0.39 is 5.54 Å². The minimum absolute atomic E-state index is 0.205. The Bertz CT molecular complexity index is 425. The van der Waals surface area contributed by atoms with Gasteiger partial charge in [-0.3, -0.25) is 10.7 Å². The maximum Gasteiger partial charge on any atom is 0.336 e. The third kappa shape index (κ3) is 1.43. The van der Waals surface area contributed by atoms with Crippen molar-refractivity contribution >= 4 is 11.7 Å². The fourth-order valence-corrected chi connectivity index (χ4v) is 3.85. The van der Waals surface area contributed by atoms with Crippen LogP contribution in [0.3, 0.4) is 0 Å². The van der Waals surface area contributed by atoms with Crippen LogP contribution in [-0.4, -0.2) is 34.8 Å². The van der Waals surface area contributed by atoms with Gasteiger partial charge in [-0.05, 0) is 12.8 Å². The number of nitrogens with two attached hydrogens (primary N) is 2. The first-order chi connectivity index (χ1) is 8.69. The summed E-state index contributed by atoms with van der Waals surface area (Å²) in [6.45, 7) is 0.840. The number of hydrogen-bond donors (Lipinski definition) is 3. The molecule has 1 atom stereocenters. The molecule has 0 aromatic rings. The van der Waals surface area contributed by atoms with Crippen LogP contribution in [0.15, 0.2) is 11.8 Å². The van der Waals surface area contributed by atoms with Crippen LogP contribution in [0.4, 0.5) is 0 Å². The normalized spacial score (nSPS) is 35.6. The van der Waals surface area contributed by atoms with E-state index in [1.54, 1.807) is 5.32 Å².